The van der Waals surface area contributed by atoms with Gasteiger partial charge in [-0.05, 0) is 42.9 Å². The van der Waals surface area contributed by atoms with Gasteiger partial charge in [-0.25, -0.2) is 4.98 Å². The van der Waals surface area contributed by atoms with Crippen LogP contribution >= 0.6 is 22.6 Å². The van der Waals surface area contributed by atoms with E-state index in [-0.39, 0.29) is 5.60 Å². The minimum Gasteiger partial charge on any atom is -0.410 e. The molecule has 0 aliphatic carbocycles. The van der Waals surface area contributed by atoms with Gasteiger partial charge in [-0.1, -0.05) is 71.1 Å². The van der Waals surface area contributed by atoms with Crippen LogP contribution in [0.5, 0.6) is 0 Å². The van der Waals surface area contributed by atoms with Crippen molar-refractivity contribution in [2.24, 2.45) is 0 Å². The minimum absolute atomic E-state index is 0.275. The lowest BCUT2D eigenvalue weighted by Crippen LogP contribution is -2.44. The van der Waals surface area contributed by atoms with E-state index in [4.69, 9.17) is 14.3 Å². The van der Waals surface area contributed by atoms with Crippen molar-refractivity contribution >= 4 is 73.5 Å². The number of pyridine rings is 1. The molecule has 3 aromatic carbocycles. The first-order valence-corrected chi connectivity index (χ1v) is 11.5. The normalized spacial score (nSPS) is 12.4. The Kier molecular flexibility index (Phi) is 4.96. The van der Waals surface area contributed by atoms with E-state index in [1.807, 2.05) is 6.07 Å². The van der Waals surface area contributed by atoms with Gasteiger partial charge in [0.05, 0.1) is 22.2 Å². The lowest BCUT2D eigenvalue weighted by Gasteiger charge is -2.27. The van der Waals surface area contributed by atoms with E-state index in [0.717, 1.165) is 42.9 Å². The Hall–Kier alpha value is -2.16. The fraction of sp³-hybridized carbons (Fsp3) is 0.208. The average Bonchev–Trinajstić information content (AvgIpc) is 3.17. The number of aromatic nitrogens is 2. The van der Waals surface area contributed by atoms with Crippen molar-refractivity contribution in [2.75, 3.05) is 11.5 Å². The number of hydrogen-bond acceptors (Lipinski definition) is 3. The number of halogens is 1. The summed E-state index contributed by atoms with van der Waals surface area (Å²) in [6, 6.07) is 23.2. The molecule has 2 aromatic heterocycles. The third kappa shape index (κ3) is 3.18. The van der Waals surface area contributed by atoms with Crippen molar-refractivity contribution in [3.05, 3.63) is 66.7 Å². The molecule has 0 amide bonds. The third-order valence-corrected chi connectivity index (χ3v) is 7.35. The number of hydrogen-bond donors (Lipinski definition) is 0. The zero-order valence-electron chi connectivity index (χ0n) is 17.2. The van der Waals surface area contributed by atoms with Gasteiger partial charge in [0.1, 0.15) is 5.65 Å². The molecule has 0 bridgehead atoms. The molecule has 2 heterocycles. The Morgan fingerprint density at radius 2 is 1.67 bits per heavy atom. The van der Waals surface area contributed by atoms with E-state index in [2.05, 4.69) is 102 Å². The van der Waals surface area contributed by atoms with Crippen molar-refractivity contribution in [1.82, 2.24) is 9.38 Å². The average molecular weight is 508 g/mol. The first-order chi connectivity index (χ1) is 14.5. The Labute approximate surface area is 189 Å². The molecule has 5 aromatic rings. The minimum atomic E-state index is -0.423. The van der Waals surface area contributed by atoms with E-state index in [9.17, 15) is 0 Å². The van der Waals surface area contributed by atoms with Gasteiger partial charge in [0.25, 0.3) is 0 Å². The molecule has 6 heteroatoms. The van der Waals surface area contributed by atoms with Gasteiger partial charge in [0, 0.05) is 22.3 Å². The summed E-state index contributed by atoms with van der Waals surface area (Å²) < 4.78 is 15.1. The maximum atomic E-state index is 6.28. The van der Waals surface area contributed by atoms with Gasteiger partial charge in [-0.2, -0.15) is 0 Å². The van der Waals surface area contributed by atoms with Gasteiger partial charge >= 0.3 is 7.12 Å². The number of benzene rings is 3. The summed E-state index contributed by atoms with van der Waals surface area (Å²) in [5.74, 6) is 0. The zero-order chi connectivity index (χ0) is 20.9. The quantitative estimate of drug-likeness (QED) is 0.139. The van der Waals surface area contributed by atoms with E-state index in [1.165, 1.54) is 5.39 Å². The summed E-state index contributed by atoms with van der Waals surface area (Å²) in [7, 11) is 1.27. The Morgan fingerprint density at radius 1 is 0.933 bits per heavy atom. The molecular weight excluding hydrogens is 486 g/mol. The van der Waals surface area contributed by atoms with Crippen LogP contribution in [0.15, 0.2) is 66.7 Å². The first-order valence-electron chi connectivity index (χ1n) is 10.0. The lowest BCUT2D eigenvalue weighted by molar-refractivity contribution is 0.105. The maximum absolute atomic E-state index is 6.28. The van der Waals surface area contributed by atoms with Crippen LogP contribution in [0.25, 0.3) is 38.4 Å². The molecule has 0 unspecified atom stereocenters. The van der Waals surface area contributed by atoms with E-state index in [1.54, 1.807) is 7.11 Å². The lowest BCUT2D eigenvalue weighted by atomic mass is 9.77. The van der Waals surface area contributed by atoms with Crippen LogP contribution in [-0.2, 0) is 9.31 Å². The highest BCUT2D eigenvalue weighted by Gasteiger charge is 2.29. The number of alkyl halides is 1. The van der Waals surface area contributed by atoms with Gasteiger partial charge in [0.15, 0.2) is 0 Å². The van der Waals surface area contributed by atoms with E-state index < -0.39 is 7.12 Å². The van der Waals surface area contributed by atoms with Crippen molar-refractivity contribution < 1.29 is 9.31 Å². The van der Waals surface area contributed by atoms with Crippen LogP contribution in [0.1, 0.15) is 13.8 Å². The Balaban J connectivity index is 1.83. The van der Waals surface area contributed by atoms with Crippen LogP contribution in [-0.4, -0.2) is 33.6 Å². The van der Waals surface area contributed by atoms with Crippen molar-refractivity contribution in [3.63, 3.8) is 0 Å². The third-order valence-electron chi connectivity index (χ3n) is 5.51. The van der Waals surface area contributed by atoms with Crippen molar-refractivity contribution in [2.45, 2.75) is 19.4 Å². The number of rotatable bonds is 5. The smallest absolute Gasteiger partial charge is 0.410 e. The molecule has 0 spiro atoms. The highest BCUT2D eigenvalue weighted by molar-refractivity contribution is 14.1. The molecule has 5 rings (SSSR count). The van der Waals surface area contributed by atoms with Crippen LogP contribution in [0, 0.1) is 0 Å². The van der Waals surface area contributed by atoms with E-state index >= 15 is 0 Å². The van der Waals surface area contributed by atoms with Crippen LogP contribution in [0.3, 0.4) is 0 Å². The van der Waals surface area contributed by atoms with Crippen molar-refractivity contribution in [3.8, 4) is 0 Å². The molecule has 0 saturated heterocycles. The molecule has 4 nitrogen and oxygen atoms in total. The predicted octanol–water partition coefficient (Wildman–Crippen LogP) is 5.37. The second kappa shape index (κ2) is 7.52. The summed E-state index contributed by atoms with van der Waals surface area (Å²) in [5.41, 5.74) is 4.96. The summed E-state index contributed by atoms with van der Waals surface area (Å²) in [5, 5.41) is 3.48. The van der Waals surface area contributed by atoms with Gasteiger partial charge < -0.3 is 9.31 Å². The Morgan fingerprint density at radius 3 is 2.43 bits per heavy atom. The summed E-state index contributed by atoms with van der Waals surface area (Å²) in [6.07, 6.45) is 0. The topological polar surface area (TPSA) is 35.8 Å². The largest absolute Gasteiger partial charge is 0.494 e. The second-order valence-corrected chi connectivity index (χ2v) is 8.92. The molecule has 0 fully saturated rings. The van der Waals surface area contributed by atoms with Crippen LogP contribution in [0.2, 0.25) is 0 Å². The first kappa shape index (κ1) is 19.8. The fourth-order valence-corrected chi connectivity index (χ4v) is 4.23. The zero-order valence-corrected chi connectivity index (χ0v) is 19.4. The molecule has 150 valence electrons. The number of para-hydroxylation sites is 2. The highest BCUT2D eigenvalue weighted by atomic mass is 127. The predicted molar refractivity (Wildman–Crippen MR) is 134 cm³/mol. The molecule has 0 aliphatic heterocycles. The SMILES string of the molecule is COB(OC(C)(C)CI)c1ccc2c(c1)c1ccccc1c1nc3ccccc3n21. The molecule has 0 aliphatic rings. The highest BCUT2D eigenvalue weighted by Crippen LogP contribution is 2.31. The summed E-state index contributed by atoms with van der Waals surface area (Å²) in [6.45, 7) is 4.17. The molecule has 0 radical (unpaired) electrons. The number of nitrogens with zero attached hydrogens (tertiary/aromatic N) is 2. The fourth-order valence-electron chi connectivity index (χ4n) is 4.05. The van der Waals surface area contributed by atoms with Crippen LogP contribution in [0.4, 0.5) is 0 Å². The van der Waals surface area contributed by atoms with Gasteiger partial charge in [-0.3, -0.25) is 4.40 Å². The van der Waals surface area contributed by atoms with Crippen molar-refractivity contribution in [1.29, 1.82) is 0 Å². The summed E-state index contributed by atoms with van der Waals surface area (Å²) >= 11 is 2.35. The maximum Gasteiger partial charge on any atom is 0.494 e. The van der Waals surface area contributed by atoms with Gasteiger partial charge in [0.2, 0.25) is 0 Å². The second-order valence-electron chi connectivity index (χ2n) is 8.16. The monoisotopic (exact) mass is 508 g/mol. The van der Waals surface area contributed by atoms with E-state index in [0.29, 0.717) is 0 Å². The van der Waals surface area contributed by atoms with Gasteiger partial charge in [-0.15, -0.1) is 0 Å². The van der Waals surface area contributed by atoms with Crippen LogP contribution < -0.4 is 5.46 Å². The molecule has 0 N–H and O–H groups in total. The number of fused-ring (bicyclic) bond motifs is 8. The summed E-state index contributed by atoms with van der Waals surface area (Å²) in [4.78, 5) is 4.94. The Bertz CT molecular complexity index is 1400. The molecule has 0 saturated carbocycles. The number of imidazole rings is 1. The molecule has 30 heavy (non-hydrogen) atoms. The molecule has 0 atom stereocenters. The molecular formula is C24H22BIN2O2. The standard InChI is InChI=1S/C24H22BIN2O2/c1-24(2,15-26)30-25(29-3)16-12-13-21-19(14-16)17-8-4-5-9-18(17)23-27-20-10-6-7-11-22(20)28(21)23/h4-14H,15H2,1-3H3.